The minimum absolute atomic E-state index is 0.0861. The van der Waals surface area contributed by atoms with E-state index in [1.165, 1.54) is 0 Å². The van der Waals surface area contributed by atoms with Crippen LogP contribution in [0.4, 0.5) is 0 Å². The highest BCUT2D eigenvalue weighted by molar-refractivity contribution is 7.07. The lowest BCUT2D eigenvalue weighted by Gasteiger charge is -2.27. The van der Waals surface area contributed by atoms with Crippen LogP contribution in [0.2, 0.25) is 0 Å². The van der Waals surface area contributed by atoms with Crippen molar-refractivity contribution in [2.24, 2.45) is 0 Å². The molecule has 1 fully saturated rings. The van der Waals surface area contributed by atoms with Crippen LogP contribution in [0.25, 0.3) is 0 Å². The zero-order chi connectivity index (χ0) is 13.7. The van der Waals surface area contributed by atoms with Crippen molar-refractivity contribution >= 4 is 23.2 Å². The Bertz CT molecular complexity index is 438. The summed E-state index contributed by atoms with van der Waals surface area (Å²) in [6.45, 7) is 0.779. The first-order chi connectivity index (χ1) is 9.10. The van der Waals surface area contributed by atoms with Gasteiger partial charge in [0.2, 0.25) is 5.91 Å². The maximum atomic E-state index is 11.9. The lowest BCUT2D eigenvalue weighted by Crippen LogP contribution is -2.50. The van der Waals surface area contributed by atoms with E-state index in [2.05, 4.69) is 5.32 Å². The van der Waals surface area contributed by atoms with E-state index < -0.39 is 11.5 Å². The van der Waals surface area contributed by atoms with Crippen molar-refractivity contribution in [3.8, 4) is 0 Å². The molecule has 1 aromatic heterocycles. The molecular formula is C13H17NO4S. The minimum atomic E-state index is -0.913. The van der Waals surface area contributed by atoms with E-state index in [1.54, 1.807) is 11.3 Å². The van der Waals surface area contributed by atoms with Gasteiger partial charge in [-0.2, -0.15) is 11.3 Å². The third-order valence-electron chi connectivity index (χ3n) is 3.22. The Labute approximate surface area is 115 Å². The molecule has 0 aliphatic carbocycles. The molecule has 0 spiro atoms. The van der Waals surface area contributed by atoms with Gasteiger partial charge in [-0.3, -0.25) is 9.59 Å². The van der Waals surface area contributed by atoms with Gasteiger partial charge in [0.15, 0.2) is 0 Å². The zero-order valence-electron chi connectivity index (χ0n) is 10.6. The summed E-state index contributed by atoms with van der Waals surface area (Å²) < 4.78 is 5.24. The first-order valence-electron chi connectivity index (χ1n) is 6.21. The molecule has 1 aliphatic rings. The molecule has 0 radical (unpaired) electrons. The van der Waals surface area contributed by atoms with Gasteiger partial charge in [-0.25, -0.2) is 0 Å². The van der Waals surface area contributed by atoms with Gasteiger partial charge in [-0.15, -0.1) is 0 Å². The fourth-order valence-corrected chi connectivity index (χ4v) is 2.93. The Kier molecular flexibility index (Phi) is 4.55. The quantitative estimate of drug-likeness (QED) is 0.828. The normalized spacial score (nSPS) is 22.3. The first-order valence-corrected chi connectivity index (χ1v) is 7.16. The number of ether oxygens (including phenoxy) is 1. The van der Waals surface area contributed by atoms with Crippen LogP contribution in [0.1, 0.15) is 24.8 Å². The van der Waals surface area contributed by atoms with Crippen LogP contribution >= 0.6 is 11.3 Å². The number of carbonyl (C=O) groups is 2. The average molecular weight is 283 g/mol. The maximum absolute atomic E-state index is 11.9. The number of rotatable bonds is 6. The van der Waals surface area contributed by atoms with Crippen LogP contribution in [-0.4, -0.2) is 35.7 Å². The maximum Gasteiger partial charge on any atom is 0.305 e. The SMILES string of the molecule is O=C(O)CC1(NC(=O)CCc2ccsc2)CCOC1. The number of aryl methyl sites for hydroxylation is 1. The smallest absolute Gasteiger partial charge is 0.305 e. The van der Waals surface area contributed by atoms with Crippen molar-refractivity contribution in [1.82, 2.24) is 5.32 Å². The fraction of sp³-hybridized carbons (Fsp3) is 0.538. The summed E-state index contributed by atoms with van der Waals surface area (Å²) in [5, 5.41) is 15.8. The van der Waals surface area contributed by atoms with Crippen molar-refractivity contribution in [3.05, 3.63) is 22.4 Å². The molecule has 1 amide bonds. The summed E-state index contributed by atoms with van der Waals surface area (Å²) in [7, 11) is 0. The minimum Gasteiger partial charge on any atom is -0.481 e. The van der Waals surface area contributed by atoms with Crippen LogP contribution in [0.3, 0.4) is 0 Å². The standard InChI is InChI=1S/C13H17NO4S/c15-11(2-1-10-3-6-19-8-10)14-13(7-12(16)17)4-5-18-9-13/h3,6,8H,1-2,4-5,7,9H2,(H,14,15)(H,16,17). The highest BCUT2D eigenvalue weighted by Gasteiger charge is 2.38. The molecule has 2 heterocycles. The summed E-state index contributed by atoms with van der Waals surface area (Å²) in [5.74, 6) is -1.03. The van der Waals surface area contributed by atoms with Crippen LogP contribution in [-0.2, 0) is 20.7 Å². The fourth-order valence-electron chi connectivity index (χ4n) is 2.23. The van der Waals surface area contributed by atoms with Crippen LogP contribution < -0.4 is 5.32 Å². The molecule has 1 saturated heterocycles. The number of aliphatic carboxylic acids is 1. The van der Waals surface area contributed by atoms with Gasteiger partial charge in [0.25, 0.3) is 0 Å². The van der Waals surface area contributed by atoms with Gasteiger partial charge in [-0.05, 0) is 35.2 Å². The van der Waals surface area contributed by atoms with Crippen LogP contribution in [0.15, 0.2) is 16.8 Å². The predicted molar refractivity (Wildman–Crippen MR) is 71.2 cm³/mol. The molecule has 19 heavy (non-hydrogen) atoms. The summed E-state index contributed by atoms with van der Waals surface area (Å²) >= 11 is 1.60. The lowest BCUT2D eigenvalue weighted by atomic mass is 9.94. The third-order valence-corrected chi connectivity index (χ3v) is 3.95. The van der Waals surface area contributed by atoms with Gasteiger partial charge in [0.1, 0.15) is 0 Å². The number of carboxylic acid groups (broad SMARTS) is 1. The van der Waals surface area contributed by atoms with Gasteiger partial charge >= 0.3 is 5.97 Å². The zero-order valence-corrected chi connectivity index (χ0v) is 11.4. The van der Waals surface area contributed by atoms with Crippen molar-refractivity contribution in [2.45, 2.75) is 31.2 Å². The average Bonchev–Trinajstić information content (AvgIpc) is 2.97. The Balaban J connectivity index is 1.86. The van der Waals surface area contributed by atoms with Gasteiger partial charge < -0.3 is 15.2 Å². The molecule has 0 bridgehead atoms. The molecule has 0 saturated carbocycles. The molecule has 104 valence electrons. The Morgan fingerprint density at radius 3 is 2.95 bits per heavy atom. The first kappa shape index (κ1) is 14.0. The molecule has 0 aromatic carbocycles. The molecule has 1 unspecified atom stereocenters. The summed E-state index contributed by atoms with van der Waals surface area (Å²) in [4.78, 5) is 22.8. The Morgan fingerprint density at radius 1 is 1.53 bits per heavy atom. The largest absolute Gasteiger partial charge is 0.481 e. The van der Waals surface area contributed by atoms with E-state index in [9.17, 15) is 9.59 Å². The molecule has 6 heteroatoms. The van der Waals surface area contributed by atoms with E-state index in [-0.39, 0.29) is 18.9 Å². The highest BCUT2D eigenvalue weighted by atomic mass is 32.1. The number of amides is 1. The van der Waals surface area contributed by atoms with Crippen molar-refractivity contribution in [3.63, 3.8) is 0 Å². The Morgan fingerprint density at radius 2 is 2.37 bits per heavy atom. The van der Waals surface area contributed by atoms with Gasteiger partial charge in [-0.1, -0.05) is 0 Å². The van der Waals surface area contributed by atoms with Gasteiger partial charge in [0.05, 0.1) is 18.6 Å². The van der Waals surface area contributed by atoms with E-state index >= 15 is 0 Å². The Hall–Kier alpha value is -1.40. The van der Waals surface area contributed by atoms with E-state index in [0.717, 1.165) is 5.56 Å². The molecule has 1 aromatic rings. The van der Waals surface area contributed by atoms with Crippen molar-refractivity contribution in [2.75, 3.05) is 13.2 Å². The predicted octanol–water partition coefficient (Wildman–Crippen LogP) is 1.43. The number of carbonyl (C=O) groups excluding carboxylic acids is 1. The van der Waals surface area contributed by atoms with Crippen LogP contribution in [0.5, 0.6) is 0 Å². The summed E-state index contributed by atoms with van der Waals surface area (Å²) in [5.41, 5.74) is 0.410. The monoisotopic (exact) mass is 283 g/mol. The second-order valence-electron chi connectivity index (χ2n) is 4.83. The highest BCUT2D eigenvalue weighted by Crippen LogP contribution is 2.23. The number of nitrogens with one attached hydrogen (secondary N) is 1. The van der Waals surface area contributed by atoms with E-state index in [0.29, 0.717) is 25.9 Å². The molecule has 2 rings (SSSR count). The van der Waals surface area contributed by atoms with E-state index in [4.69, 9.17) is 9.84 Å². The van der Waals surface area contributed by atoms with Crippen molar-refractivity contribution < 1.29 is 19.4 Å². The second-order valence-corrected chi connectivity index (χ2v) is 5.61. The third kappa shape index (κ3) is 4.04. The molecule has 1 aliphatic heterocycles. The van der Waals surface area contributed by atoms with Crippen LogP contribution in [0, 0.1) is 0 Å². The molecule has 5 nitrogen and oxygen atoms in total. The molecular weight excluding hydrogens is 266 g/mol. The lowest BCUT2D eigenvalue weighted by molar-refractivity contribution is -0.139. The number of thiophene rings is 1. The number of hydrogen-bond acceptors (Lipinski definition) is 4. The summed E-state index contributed by atoms with van der Waals surface area (Å²) in [6, 6.07) is 1.99. The van der Waals surface area contributed by atoms with Gasteiger partial charge in [0, 0.05) is 13.0 Å². The van der Waals surface area contributed by atoms with Crippen molar-refractivity contribution in [1.29, 1.82) is 0 Å². The second kappa shape index (κ2) is 6.16. The van der Waals surface area contributed by atoms with E-state index in [1.807, 2.05) is 16.8 Å². The molecule has 1 atom stereocenters. The molecule has 2 N–H and O–H groups in total. The number of carboxylic acids is 1. The summed E-state index contributed by atoms with van der Waals surface area (Å²) in [6.07, 6.45) is 1.53. The topological polar surface area (TPSA) is 75.6 Å². The number of hydrogen-bond donors (Lipinski definition) is 2.